The van der Waals surface area contributed by atoms with Crippen LogP contribution in [0.5, 0.6) is 0 Å². The number of fused-ring (bicyclic) bond motifs is 1. The van der Waals surface area contributed by atoms with E-state index in [9.17, 15) is 4.39 Å². The van der Waals surface area contributed by atoms with Gasteiger partial charge in [0.1, 0.15) is 5.69 Å². The van der Waals surface area contributed by atoms with E-state index in [1.165, 1.54) is 35.6 Å². The van der Waals surface area contributed by atoms with E-state index in [2.05, 4.69) is 65.4 Å². The van der Waals surface area contributed by atoms with Gasteiger partial charge in [-0.25, -0.2) is 4.39 Å². The van der Waals surface area contributed by atoms with Crippen LogP contribution in [0.1, 0.15) is 48.4 Å². The highest BCUT2D eigenvalue weighted by Crippen LogP contribution is 2.25. The fourth-order valence-corrected chi connectivity index (χ4v) is 3.16. The number of allylic oxidation sites excluding steroid dienone is 1. The van der Waals surface area contributed by atoms with Crippen LogP contribution < -0.4 is 0 Å². The van der Waals surface area contributed by atoms with E-state index in [1.807, 2.05) is 0 Å². The third-order valence-electron chi connectivity index (χ3n) is 4.50. The molecule has 0 unspecified atom stereocenters. The number of nitrogens with zero attached hydrogens (tertiary/aromatic N) is 1. The number of halogens is 1. The summed E-state index contributed by atoms with van der Waals surface area (Å²) in [5, 5.41) is 2.18. The molecule has 3 rings (SSSR count). The summed E-state index contributed by atoms with van der Waals surface area (Å²) < 4.78 is 13.9. The summed E-state index contributed by atoms with van der Waals surface area (Å²) >= 11 is 4.51. The topological polar surface area (TPSA) is 12.4 Å². The van der Waals surface area contributed by atoms with Crippen molar-refractivity contribution >= 4 is 29.1 Å². The van der Waals surface area contributed by atoms with Gasteiger partial charge in [-0.2, -0.15) is 4.99 Å². The van der Waals surface area contributed by atoms with Gasteiger partial charge in [-0.3, -0.25) is 0 Å². The Bertz CT molecular complexity index is 956. The lowest BCUT2D eigenvalue weighted by Crippen LogP contribution is -2.00. The Kier molecular flexibility index (Phi) is 6.12. The van der Waals surface area contributed by atoms with Crippen LogP contribution in [0, 0.1) is 17.7 Å². The molecule has 0 bridgehead atoms. The Morgan fingerprint density at radius 3 is 2.77 bits per heavy atom. The molecule has 1 aliphatic rings. The molecule has 26 heavy (non-hydrogen) atoms. The van der Waals surface area contributed by atoms with Crippen molar-refractivity contribution in [2.24, 2.45) is 4.99 Å². The molecule has 0 saturated carbocycles. The van der Waals surface area contributed by atoms with Crippen LogP contribution in [0.4, 0.5) is 10.1 Å². The minimum atomic E-state index is -0.434. The molecule has 0 fully saturated rings. The van der Waals surface area contributed by atoms with Crippen LogP contribution in [-0.2, 0) is 12.8 Å². The van der Waals surface area contributed by atoms with Gasteiger partial charge in [-0.05, 0) is 78.9 Å². The molecule has 2 aromatic rings. The van der Waals surface area contributed by atoms with Crippen LogP contribution >= 0.6 is 12.2 Å². The van der Waals surface area contributed by atoms with Crippen LogP contribution in [0.2, 0.25) is 0 Å². The number of unbranched alkanes of at least 4 members (excludes halogenated alkanes) is 1. The summed E-state index contributed by atoms with van der Waals surface area (Å²) in [6, 6.07) is 11.4. The zero-order valence-corrected chi connectivity index (χ0v) is 15.6. The zero-order valence-electron chi connectivity index (χ0n) is 14.8. The molecule has 0 spiro atoms. The van der Waals surface area contributed by atoms with Crippen LogP contribution in [0.15, 0.2) is 47.0 Å². The summed E-state index contributed by atoms with van der Waals surface area (Å²) in [4.78, 5) is 3.68. The fourth-order valence-electron chi connectivity index (χ4n) is 3.06. The third kappa shape index (κ3) is 4.55. The first-order valence-corrected chi connectivity index (χ1v) is 9.32. The summed E-state index contributed by atoms with van der Waals surface area (Å²) in [6.45, 7) is 2.22. The number of hydrogen-bond acceptors (Lipinski definition) is 2. The van der Waals surface area contributed by atoms with E-state index in [-0.39, 0.29) is 5.69 Å². The summed E-state index contributed by atoms with van der Waals surface area (Å²) in [5.41, 5.74) is 5.97. The molecule has 2 aromatic carbocycles. The normalized spacial score (nSPS) is 12.3. The quantitative estimate of drug-likeness (QED) is 0.354. The number of aliphatic imine (C=N–C) groups is 1. The molecule has 0 saturated heterocycles. The second-order valence-electron chi connectivity index (χ2n) is 6.43. The second kappa shape index (κ2) is 8.72. The largest absolute Gasteiger partial charge is 0.205 e. The Balaban J connectivity index is 1.78. The first kappa shape index (κ1) is 18.3. The molecule has 3 heteroatoms. The Morgan fingerprint density at radius 2 is 2.00 bits per heavy atom. The van der Waals surface area contributed by atoms with E-state index in [0.717, 1.165) is 24.8 Å². The van der Waals surface area contributed by atoms with E-state index >= 15 is 0 Å². The molecule has 0 aliphatic heterocycles. The van der Waals surface area contributed by atoms with Gasteiger partial charge in [0.2, 0.25) is 0 Å². The molecule has 0 heterocycles. The molecule has 0 N–H and O–H groups in total. The minimum Gasteiger partial charge on any atom is -0.205 e. The van der Waals surface area contributed by atoms with E-state index in [1.54, 1.807) is 12.1 Å². The third-order valence-corrected chi connectivity index (χ3v) is 4.59. The molecular formula is C23H20FNS. The number of thiocarbonyl (C=S) groups is 1. The highest BCUT2D eigenvalue weighted by Gasteiger charge is 2.10. The monoisotopic (exact) mass is 361 g/mol. The fraction of sp³-hybridized carbons (Fsp3) is 0.261. The second-order valence-corrected chi connectivity index (χ2v) is 6.61. The lowest BCUT2D eigenvalue weighted by atomic mass is 9.90. The van der Waals surface area contributed by atoms with Crippen molar-refractivity contribution in [3.05, 3.63) is 70.0 Å². The zero-order chi connectivity index (χ0) is 18.4. The first-order valence-electron chi connectivity index (χ1n) is 8.91. The first-order chi connectivity index (χ1) is 12.7. The maximum atomic E-state index is 13.9. The molecule has 1 aliphatic carbocycles. The molecule has 0 atom stereocenters. The number of rotatable bonds is 4. The standard InChI is InChI=1S/C23H20FNS/c1-2-3-4-17-7-10-21-14-18(8-11-20(21)13-17)5-6-19-9-12-23(25-16-26)22(24)15-19/h7,9-10,12-15H,2-4,8,11H2,1H3. The van der Waals surface area contributed by atoms with Crippen LogP contribution in [0.25, 0.3) is 6.08 Å². The van der Waals surface area contributed by atoms with Gasteiger partial charge in [0, 0.05) is 11.1 Å². The van der Waals surface area contributed by atoms with Crippen molar-refractivity contribution in [3.8, 4) is 11.8 Å². The average molecular weight is 361 g/mol. The van der Waals surface area contributed by atoms with E-state index in [4.69, 9.17) is 0 Å². The SMILES string of the molecule is CCCCc1ccc2c(c1)CCC(C#Cc1ccc(N=C=S)c(F)c1)=C2. The highest BCUT2D eigenvalue weighted by atomic mass is 32.1. The van der Waals surface area contributed by atoms with E-state index in [0.29, 0.717) is 5.56 Å². The van der Waals surface area contributed by atoms with Crippen LogP contribution in [0.3, 0.4) is 0 Å². The number of isothiocyanates is 1. The summed E-state index contributed by atoms with van der Waals surface area (Å²) in [5.74, 6) is 5.80. The van der Waals surface area contributed by atoms with Crippen LogP contribution in [-0.4, -0.2) is 5.16 Å². The Hall–Kier alpha value is -2.53. The van der Waals surface area contributed by atoms with Crippen molar-refractivity contribution in [2.75, 3.05) is 0 Å². The lowest BCUT2D eigenvalue weighted by molar-refractivity contribution is 0.629. The number of aryl methyl sites for hydroxylation is 2. The van der Waals surface area contributed by atoms with Gasteiger partial charge in [0.15, 0.2) is 5.82 Å². The van der Waals surface area contributed by atoms with Crippen molar-refractivity contribution < 1.29 is 4.39 Å². The summed E-state index contributed by atoms with van der Waals surface area (Å²) in [6.07, 6.45) is 7.68. The van der Waals surface area contributed by atoms with Gasteiger partial charge >= 0.3 is 0 Å². The molecule has 0 radical (unpaired) electrons. The van der Waals surface area contributed by atoms with Crippen molar-refractivity contribution in [1.29, 1.82) is 0 Å². The maximum absolute atomic E-state index is 13.9. The van der Waals surface area contributed by atoms with Crippen molar-refractivity contribution in [3.63, 3.8) is 0 Å². The van der Waals surface area contributed by atoms with Gasteiger partial charge in [-0.1, -0.05) is 43.4 Å². The predicted octanol–water partition coefficient (Wildman–Crippen LogP) is 6.28. The summed E-state index contributed by atoms with van der Waals surface area (Å²) in [7, 11) is 0. The van der Waals surface area contributed by atoms with Crippen molar-refractivity contribution in [1.82, 2.24) is 0 Å². The van der Waals surface area contributed by atoms with Gasteiger partial charge in [-0.15, -0.1) is 0 Å². The lowest BCUT2D eigenvalue weighted by Gasteiger charge is -2.14. The predicted molar refractivity (Wildman–Crippen MR) is 109 cm³/mol. The van der Waals surface area contributed by atoms with Crippen molar-refractivity contribution in [2.45, 2.75) is 39.0 Å². The molecule has 0 aromatic heterocycles. The molecule has 130 valence electrons. The Morgan fingerprint density at radius 1 is 1.12 bits per heavy atom. The number of hydrogen-bond donors (Lipinski definition) is 0. The minimum absolute atomic E-state index is 0.190. The maximum Gasteiger partial charge on any atom is 0.150 e. The number of benzene rings is 2. The molecule has 0 amide bonds. The Labute approximate surface area is 159 Å². The smallest absolute Gasteiger partial charge is 0.150 e. The van der Waals surface area contributed by atoms with Gasteiger partial charge < -0.3 is 0 Å². The van der Waals surface area contributed by atoms with Gasteiger partial charge in [0.05, 0.1) is 5.16 Å². The molecular weight excluding hydrogens is 341 g/mol. The molecule has 1 nitrogen and oxygen atoms in total. The van der Waals surface area contributed by atoms with E-state index < -0.39 is 5.82 Å². The van der Waals surface area contributed by atoms with Gasteiger partial charge in [0.25, 0.3) is 0 Å². The highest BCUT2D eigenvalue weighted by molar-refractivity contribution is 7.78. The average Bonchev–Trinajstić information content (AvgIpc) is 2.66.